The number of hydrogen-bond donors (Lipinski definition) is 2. The predicted molar refractivity (Wildman–Crippen MR) is 75.5 cm³/mol. The van der Waals surface area contributed by atoms with Crippen molar-refractivity contribution in [2.75, 3.05) is 0 Å². The third-order valence-corrected chi connectivity index (χ3v) is 3.25. The second-order valence-electron chi connectivity index (χ2n) is 3.18. The number of nitrogens with zero attached hydrogens (tertiary/aromatic N) is 2. The van der Waals surface area contributed by atoms with Gasteiger partial charge in [0.15, 0.2) is 0 Å². The number of hydrogen-bond acceptors (Lipinski definition) is 5. The first-order valence-electron chi connectivity index (χ1n) is 5.01. The van der Waals surface area contributed by atoms with E-state index >= 15 is 0 Å². The fourth-order valence-corrected chi connectivity index (χ4v) is 2.27. The first-order chi connectivity index (χ1) is 8.84. The van der Waals surface area contributed by atoms with Gasteiger partial charge in [-0.15, -0.1) is 0 Å². The van der Waals surface area contributed by atoms with Crippen molar-refractivity contribution in [1.29, 1.82) is 0 Å². The minimum atomic E-state index is -0.479. The molecule has 0 atom stereocenters. The molecule has 2 N–H and O–H groups in total. The summed E-state index contributed by atoms with van der Waals surface area (Å²) in [4.78, 5) is 11.3. The highest BCUT2D eigenvalue weighted by Crippen LogP contribution is 2.02. The Balaban J connectivity index is 1.72. The lowest BCUT2D eigenvalue weighted by Crippen LogP contribution is -2.28. The molecule has 5 nitrogen and oxygen atoms in total. The molecule has 0 saturated carbocycles. The molecule has 0 aromatic carbocycles. The van der Waals surface area contributed by atoms with Crippen molar-refractivity contribution in [2.45, 2.75) is 0 Å². The monoisotopic (exact) mass is 278 g/mol. The number of hydrazone groups is 2. The van der Waals surface area contributed by atoms with Gasteiger partial charge in [0.1, 0.15) is 0 Å². The van der Waals surface area contributed by atoms with E-state index in [2.05, 4.69) is 21.1 Å². The Labute approximate surface area is 112 Å². The summed E-state index contributed by atoms with van der Waals surface area (Å²) in [6, 6.07) is 3.33. The molecule has 2 amide bonds. The Hall–Kier alpha value is -1.99. The van der Waals surface area contributed by atoms with Gasteiger partial charge in [0.25, 0.3) is 0 Å². The van der Waals surface area contributed by atoms with Crippen LogP contribution in [-0.2, 0) is 0 Å². The highest BCUT2D eigenvalue weighted by Gasteiger charge is 1.94. The van der Waals surface area contributed by atoms with E-state index in [1.54, 1.807) is 35.1 Å². The van der Waals surface area contributed by atoms with Crippen LogP contribution in [0.15, 0.2) is 43.9 Å². The SMILES string of the molecule is O=C(N/N=C/c1ccsc1)N/N=C/c1ccsc1. The molecule has 0 fully saturated rings. The zero-order chi connectivity index (χ0) is 12.6. The molecule has 0 radical (unpaired) electrons. The number of carbonyl (C=O) groups is 1. The van der Waals surface area contributed by atoms with E-state index in [-0.39, 0.29) is 0 Å². The normalized spacial score (nSPS) is 11.1. The maximum atomic E-state index is 11.3. The molecule has 0 aliphatic carbocycles. The number of rotatable bonds is 4. The van der Waals surface area contributed by atoms with E-state index in [0.29, 0.717) is 0 Å². The van der Waals surface area contributed by atoms with E-state index < -0.39 is 6.03 Å². The van der Waals surface area contributed by atoms with Crippen molar-refractivity contribution in [3.8, 4) is 0 Å². The fourth-order valence-electron chi connectivity index (χ4n) is 1.05. The predicted octanol–water partition coefficient (Wildman–Crippen LogP) is 2.48. The lowest BCUT2D eigenvalue weighted by atomic mass is 10.4. The second-order valence-corrected chi connectivity index (χ2v) is 4.74. The first kappa shape index (κ1) is 12.5. The number of nitrogens with one attached hydrogen (secondary N) is 2. The van der Waals surface area contributed by atoms with Gasteiger partial charge in [-0.1, -0.05) is 0 Å². The Morgan fingerprint density at radius 3 is 1.89 bits per heavy atom. The topological polar surface area (TPSA) is 65.8 Å². The molecule has 0 aliphatic rings. The van der Waals surface area contributed by atoms with Crippen LogP contribution in [0.2, 0.25) is 0 Å². The summed E-state index contributed by atoms with van der Waals surface area (Å²) in [6.45, 7) is 0. The first-order valence-corrected chi connectivity index (χ1v) is 6.89. The quantitative estimate of drug-likeness (QED) is 0.655. The summed E-state index contributed by atoms with van der Waals surface area (Å²) in [5.74, 6) is 0. The van der Waals surface area contributed by atoms with E-state index in [1.165, 1.54) is 0 Å². The van der Waals surface area contributed by atoms with Crippen LogP contribution in [0.4, 0.5) is 4.79 Å². The Bertz CT molecular complexity index is 483. The molecule has 18 heavy (non-hydrogen) atoms. The van der Waals surface area contributed by atoms with Gasteiger partial charge in [-0.2, -0.15) is 32.9 Å². The summed E-state index contributed by atoms with van der Waals surface area (Å²) >= 11 is 3.14. The Morgan fingerprint density at radius 1 is 1.00 bits per heavy atom. The van der Waals surface area contributed by atoms with Gasteiger partial charge in [-0.05, 0) is 33.7 Å². The zero-order valence-corrected chi connectivity index (χ0v) is 10.9. The molecule has 2 heterocycles. The molecule has 0 unspecified atom stereocenters. The highest BCUT2D eigenvalue weighted by molar-refractivity contribution is 7.08. The van der Waals surface area contributed by atoms with Gasteiger partial charge in [-0.25, -0.2) is 15.6 Å². The van der Waals surface area contributed by atoms with Gasteiger partial charge in [0.05, 0.1) is 12.4 Å². The second kappa shape index (κ2) is 6.67. The maximum Gasteiger partial charge on any atom is 0.355 e. The molecule has 2 aromatic rings. The van der Waals surface area contributed by atoms with E-state index in [0.717, 1.165) is 11.1 Å². The van der Waals surface area contributed by atoms with Gasteiger partial charge in [0, 0.05) is 11.1 Å². The van der Waals surface area contributed by atoms with Crippen LogP contribution in [0.1, 0.15) is 11.1 Å². The Kier molecular flexibility index (Phi) is 4.62. The third kappa shape index (κ3) is 4.11. The van der Waals surface area contributed by atoms with Crippen LogP contribution in [0, 0.1) is 0 Å². The Morgan fingerprint density at radius 2 is 1.50 bits per heavy atom. The molecular weight excluding hydrogens is 268 g/mol. The molecule has 0 saturated heterocycles. The summed E-state index contributed by atoms with van der Waals surface area (Å²) < 4.78 is 0. The molecular formula is C11H10N4OS2. The fraction of sp³-hybridized carbons (Fsp3) is 0. The van der Waals surface area contributed by atoms with Gasteiger partial charge < -0.3 is 0 Å². The zero-order valence-electron chi connectivity index (χ0n) is 9.24. The van der Waals surface area contributed by atoms with Crippen molar-refractivity contribution in [3.05, 3.63) is 44.8 Å². The van der Waals surface area contributed by atoms with Crippen molar-refractivity contribution >= 4 is 41.1 Å². The summed E-state index contributed by atoms with van der Waals surface area (Å²) in [5, 5.41) is 15.3. The summed E-state index contributed by atoms with van der Waals surface area (Å²) in [6.07, 6.45) is 3.14. The average molecular weight is 278 g/mol. The van der Waals surface area contributed by atoms with Gasteiger partial charge in [0.2, 0.25) is 0 Å². The van der Waals surface area contributed by atoms with Crippen LogP contribution in [0.5, 0.6) is 0 Å². The molecule has 0 aliphatic heterocycles. The molecule has 2 rings (SSSR count). The highest BCUT2D eigenvalue weighted by atomic mass is 32.1. The lowest BCUT2D eigenvalue weighted by molar-refractivity contribution is 0.242. The van der Waals surface area contributed by atoms with Crippen molar-refractivity contribution < 1.29 is 4.79 Å². The van der Waals surface area contributed by atoms with Crippen molar-refractivity contribution in [3.63, 3.8) is 0 Å². The van der Waals surface area contributed by atoms with Crippen LogP contribution in [0.25, 0.3) is 0 Å². The molecule has 0 bridgehead atoms. The van der Waals surface area contributed by atoms with Gasteiger partial charge >= 0.3 is 6.03 Å². The number of amides is 2. The summed E-state index contributed by atoms with van der Waals surface area (Å²) in [5.41, 5.74) is 6.52. The smallest absolute Gasteiger partial charge is 0.245 e. The molecule has 2 aromatic heterocycles. The number of thiophene rings is 2. The minimum Gasteiger partial charge on any atom is -0.245 e. The van der Waals surface area contributed by atoms with Crippen LogP contribution in [0.3, 0.4) is 0 Å². The summed E-state index contributed by atoms with van der Waals surface area (Å²) in [7, 11) is 0. The van der Waals surface area contributed by atoms with Crippen molar-refractivity contribution in [2.24, 2.45) is 10.2 Å². The molecule has 0 spiro atoms. The average Bonchev–Trinajstić information content (AvgIpc) is 3.01. The number of carbonyl (C=O) groups excluding carboxylic acids is 1. The minimum absolute atomic E-state index is 0.479. The van der Waals surface area contributed by atoms with E-state index in [1.807, 2.05) is 33.7 Å². The van der Waals surface area contributed by atoms with E-state index in [4.69, 9.17) is 0 Å². The van der Waals surface area contributed by atoms with Gasteiger partial charge in [-0.3, -0.25) is 0 Å². The standard InChI is InChI=1S/C11H10N4OS2/c16-11(14-12-5-9-1-3-17-7-9)15-13-6-10-2-4-18-8-10/h1-8H,(H2,14,15,16)/b12-5+,13-6+. The lowest BCUT2D eigenvalue weighted by Gasteiger charge is -1.96. The number of urea groups is 1. The van der Waals surface area contributed by atoms with Crippen LogP contribution < -0.4 is 10.9 Å². The third-order valence-electron chi connectivity index (χ3n) is 1.85. The van der Waals surface area contributed by atoms with E-state index in [9.17, 15) is 4.79 Å². The van der Waals surface area contributed by atoms with Crippen LogP contribution >= 0.6 is 22.7 Å². The maximum absolute atomic E-state index is 11.3. The molecule has 7 heteroatoms. The van der Waals surface area contributed by atoms with Crippen LogP contribution in [-0.4, -0.2) is 18.5 Å². The largest absolute Gasteiger partial charge is 0.355 e. The molecule has 92 valence electrons. The van der Waals surface area contributed by atoms with Crippen molar-refractivity contribution in [1.82, 2.24) is 10.9 Å².